The molecule has 1 aromatic rings. The second kappa shape index (κ2) is 6.95. The van der Waals surface area contributed by atoms with Gasteiger partial charge in [-0.3, -0.25) is 0 Å². The molecule has 2 heteroatoms. The van der Waals surface area contributed by atoms with Gasteiger partial charge in [-0.05, 0) is 62.3 Å². The van der Waals surface area contributed by atoms with E-state index in [0.29, 0.717) is 6.04 Å². The van der Waals surface area contributed by atoms with Gasteiger partial charge in [-0.15, -0.1) is 0 Å². The third-order valence-electron chi connectivity index (χ3n) is 4.45. The predicted octanol–water partition coefficient (Wildman–Crippen LogP) is 3.98. The van der Waals surface area contributed by atoms with Crippen molar-refractivity contribution in [3.05, 3.63) is 29.3 Å². The van der Waals surface area contributed by atoms with Crippen molar-refractivity contribution in [2.45, 2.75) is 58.4 Å². The van der Waals surface area contributed by atoms with Crippen molar-refractivity contribution in [1.29, 1.82) is 0 Å². The van der Waals surface area contributed by atoms with Crippen molar-refractivity contribution in [2.75, 3.05) is 6.61 Å². The first-order valence-corrected chi connectivity index (χ1v) is 7.62. The maximum atomic E-state index is 6.29. The van der Waals surface area contributed by atoms with Gasteiger partial charge in [-0.2, -0.15) is 0 Å². The molecule has 0 radical (unpaired) electrons. The molecular weight excluding hydrogens is 234 g/mol. The Morgan fingerprint density at radius 2 is 1.89 bits per heavy atom. The number of ether oxygens (including phenoxy) is 1. The Kier molecular flexibility index (Phi) is 5.26. The Labute approximate surface area is 117 Å². The van der Waals surface area contributed by atoms with Crippen LogP contribution in [0.25, 0.3) is 0 Å². The van der Waals surface area contributed by atoms with E-state index in [2.05, 4.69) is 32.0 Å². The standard InChI is InChI=1S/C17H27NO/c1-13-8-9-16(12-14(13)2)19-11-10-17(18)15-6-4-3-5-7-15/h8-9,12,15,17H,3-7,10-11,18H2,1-2H3. The first-order chi connectivity index (χ1) is 9.16. The molecule has 1 aromatic carbocycles. The van der Waals surface area contributed by atoms with Gasteiger partial charge in [0, 0.05) is 6.04 Å². The van der Waals surface area contributed by atoms with Gasteiger partial charge in [-0.1, -0.05) is 25.3 Å². The number of rotatable bonds is 5. The Hall–Kier alpha value is -1.02. The van der Waals surface area contributed by atoms with Gasteiger partial charge in [0.05, 0.1) is 6.61 Å². The van der Waals surface area contributed by atoms with Gasteiger partial charge in [0.2, 0.25) is 0 Å². The highest BCUT2D eigenvalue weighted by Gasteiger charge is 2.20. The topological polar surface area (TPSA) is 35.2 Å². The molecule has 2 rings (SSSR count). The molecule has 1 atom stereocenters. The SMILES string of the molecule is Cc1ccc(OCCC(N)C2CCCCC2)cc1C. The molecule has 1 unspecified atom stereocenters. The Bertz CT molecular complexity index is 396. The molecule has 0 heterocycles. The molecule has 0 spiro atoms. The molecule has 0 aliphatic heterocycles. The smallest absolute Gasteiger partial charge is 0.119 e. The minimum atomic E-state index is 0.312. The predicted molar refractivity (Wildman–Crippen MR) is 80.6 cm³/mol. The van der Waals surface area contributed by atoms with Crippen molar-refractivity contribution in [1.82, 2.24) is 0 Å². The van der Waals surface area contributed by atoms with Crippen LogP contribution in [0.2, 0.25) is 0 Å². The maximum absolute atomic E-state index is 6.29. The van der Waals surface area contributed by atoms with Crippen molar-refractivity contribution in [2.24, 2.45) is 11.7 Å². The summed E-state index contributed by atoms with van der Waals surface area (Å²) >= 11 is 0. The summed E-state index contributed by atoms with van der Waals surface area (Å²) in [5.41, 5.74) is 8.88. The maximum Gasteiger partial charge on any atom is 0.119 e. The van der Waals surface area contributed by atoms with Crippen LogP contribution in [0.4, 0.5) is 0 Å². The summed E-state index contributed by atoms with van der Waals surface area (Å²) in [4.78, 5) is 0. The molecule has 0 aromatic heterocycles. The minimum absolute atomic E-state index is 0.312. The van der Waals surface area contributed by atoms with Crippen LogP contribution in [0, 0.1) is 19.8 Å². The fourth-order valence-electron chi connectivity index (χ4n) is 2.91. The molecule has 19 heavy (non-hydrogen) atoms. The fourth-order valence-corrected chi connectivity index (χ4v) is 2.91. The Balaban J connectivity index is 1.74. The highest BCUT2D eigenvalue weighted by molar-refractivity contribution is 5.33. The highest BCUT2D eigenvalue weighted by atomic mass is 16.5. The molecular formula is C17H27NO. The van der Waals surface area contributed by atoms with E-state index in [1.54, 1.807) is 0 Å². The lowest BCUT2D eigenvalue weighted by molar-refractivity contribution is 0.243. The highest BCUT2D eigenvalue weighted by Crippen LogP contribution is 2.27. The van der Waals surface area contributed by atoms with E-state index < -0.39 is 0 Å². The zero-order valence-corrected chi connectivity index (χ0v) is 12.3. The second-order valence-corrected chi connectivity index (χ2v) is 5.95. The van der Waals surface area contributed by atoms with Gasteiger partial charge >= 0.3 is 0 Å². The summed E-state index contributed by atoms with van der Waals surface area (Å²) in [6.07, 6.45) is 7.70. The van der Waals surface area contributed by atoms with Crippen LogP contribution in [0.5, 0.6) is 5.75 Å². The van der Waals surface area contributed by atoms with Crippen LogP contribution >= 0.6 is 0 Å². The zero-order valence-electron chi connectivity index (χ0n) is 12.3. The first-order valence-electron chi connectivity index (χ1n) is 7.62. The third-order valence-corrected chi connectivity index (χ3v) is 4.45. The lowest BCUT2D eigenvalue weighted by Crippen LogP contribution is -2.33. The lowest BCUT2D eigenvalue weighted by atomic mass is 9.83. The van der Waals surface area contributed by atoms with Crippen LogP contribution in [0.15, 0.2) is 18.2 Å². The molecule has 0 amide bonds. The molecule has 2 N–H and O–H groups in total. The molecule has 0 bridgehead atoms. The number of hydrogen-bond donors (Lipinski definition) is 1. The molecule has 2 nitrogen and oxygen atoms in total. The van der Waals surface area contributed by atoms with Crippen LogP contribution in [-0.4, -0.2) is 12.6 Å². The molecule has 1 saturated carbocycles. The quantitative estimate of drug-likeness (QED) is 0.870. The van der Waals surface area contributed by atoms with E-state index in [0.717, 1.165) is 24.7 Å². The van der Waals surface area contributed by atoms with Gasteiger partial charge in [0.1, 0.15) is 5.75 Å². The van der Waals surface area contributed by atoms with E-state index >= 15 is 0 Å². The molecule has 1 aliphatic carbocycles. The summed E-state index contributed by atoms with van der Waals surface area (Å²) in [5, 5.41) is 0. The molecule has 1 aliphatic rings. The minimum Gasteiger partial charge on any atom is -0.494 e. The van der Waals surface area contributed by atoms with Crippen LogP contribution in [-0.2, 0) is 0 Å². The number of benzene rings is 1. The summed E-state index contributed by atoms with van der Waals surface area (Å²) < 4.78 is 5.82. The first kappa shape index (κ1) is 14.4. The monoisotopic (exact) mass is 261 g/mol. The summed E-state index contributed by atoms with van der Waals surface area (Å²) in [6.45, 7) is 4.98. The van der Waals surface area contributed by atoms with Gasteiger partial charge in [0.15, 0.2) is 0 Å². The van der Waals surface area contributed by atoms with E-state index in [9.17, 15) is 0 Å². The average molecular weight is 261 g/mol. The molecule has 0 saturated heterocycles. The van der Waals surface area contributed by atoms with Crippen molar-refractivity contribution in [3.63, 3.8) is 0 Å². The van der Waals surface area contributed by atoms with E-state index in [-0.39, 0.29) is 0 Å². The second-order valence-electron chi connectivity index (χ2n) is 5.95. The van der Waals surface area contributed by atoms with Crippen LogP contribution in [0.1, 0.15) is 49.7 Å². The van der Waals surface area contributed by atoms with E-state index in [1.165, 1.54) is 43.2 Å². The van der Waals surface area contributed by atoms with Crippen molar-refractivity contribution in [3.8, 4) is 5.75 Å². The van der Waals surface area contributed by atoms with Crippen molar-refractivity contribution < 1.29 is 4.74 Å². The summed E-state index contributed by atoms with van der Waals surface area (Å²) in [5.74, 6) is 1.69. The van der Waals surface area contributed by atoms with Gasteiger partial charge in [0.25, 0.3) is 0 Å². The molecule has 106 valence electrons. The van der Waals surface area contributed by atoms with Gasteiger partial charge in [-0.25, -0.2) is 0 Å². The van der Waals surface area contributed by atoms with Crippen molar-refractivity contribution >= 4 is 0 Å². The van der Waals surface area contributed by atoms with Gasteiger partial charge < -0.3 is 10.5 Å². The largest absolute Gasteiger partial charge is 0.494 e. The van der Waals surface area contributed by atoms with Crippen LogP contribution in [0.3, 0.4) is 0 Å². The zero-order chi connectivity index (χ0) is 13.7. The third kappa shape index (κ3) is 4.24. The van der Waals surface area contributed by atoms with Crippen LogP contribution < -0.4 is 10.5 Å². The summed E-state index contributed by atoms with van der Waals surface area (Å²) in [7, 11) is 0. The number of nitrogens with two attached hydrogens (primary N) is 1. The average Bonchev–Trinajstić information content (AvgIpc) is 2.43. The number of aryl methyl sites for hydroxylation is 2. The van der Waals surface area contributed by atoms with E-state index in [1.807, 2.05) is 0 Å². The normalized spacial score (nSPS) is 18.3. The lowest BCUT2D eigenvalue weighted by Gasteiger charge is -2.27. The molecule has 1 fully saturated rings. The summed E-state index contributed by atoms with van der Waals surface area (Å²) in [6, 6.07) is 6.59. The van der Waals surface area contributed by atoms with E-state index in [4.69, 9.17) is 10.5 Å². The Morgan fingerprint density at radius 3 is 2.58 bits per heavy atom. The Morgan fingerprint density at radius 1 is 1.16 bits per heavy atom. The number of hydrogen-bond acceptors (Lipinski definition) is 2. The fraction of sp³-hybridized carbons (Fsp3) is 0.647.